The van der Waals surface area contributed by atoms with E-state index in [2.05, 4.69) is 9.47 Å². The molecule has 19 heavy (non-hydrogen) atoms. The van der Waals surface area contributed by atoms with Crippen molar-refractivity contribution in [2.24, 2.45) is 5.92 Å². The number of methoxy groups -OCH3 is 1. The molecule has 0 heterocycles. The summed E-state index contributed by atoms with van der Waals surface area (Å²) in [5.74, 6) is -1.28. The maximum Gasteiger partial charge on any atom is 0.387 e. The molecule has 0 bridgehead atoms. The van der Waals surface area contributed by atoms with Gasteiger partial charge in [-0.1, -0.05) is 6.92 Å². The van der Waals surface area contributed by atoms with Crippen molar-refractivity contribution < 1.29 is 27.8 Å². The van der Waals surface area contributed by atoms with E-state index in [9.17, 15) is 18.4 Å². The quantitative estimate of drug-likeness (QED) is 0.590. The molecule has 1 rings (SSSR count). The van der Waals surface area contributed by atoms with E-state index in [4.69, 9.17) is 0 Å². The highest BCUT2D eigenvalue weighted by atomic mass is 19.3. The van der Waals surface area contributed by atoms with Crippen molar-refractivity contribution >= 4 is 11.8 Å². The lowest BCUT2D eigenvalue weighted by Gasteiger charge is -2.10. The van der Waals surface area contributed by atoms with Gasteiger partial charge in [0.2, 0.25) is 0 Å². The van der Waals surface area contributed by atoms with E-state index in [-0.39, 0.29) is 18.0 Å². The molecule has 0 aromatic heterocycles. The number of carbonyl (C=O) groups excluding carboxylic acids is 2. The number of alkyl halides is 2. The van der Waals surface area contributed by atoms with Gasteiger partial charge in [0.15, 0.2) is 5.78 Å². The van der Waals surface area contributed by atoms with E-state index < -0.39 is 18.5 Å². The molecule has 1 atom stereocenters. The number of ketones is 1. The van der Waals surface area contributed by atoms with Crippen LogP contribution in [0.25, 0.3) is 0 Å². The Kier molecular flexibility index (Phi) is 5.41. The zero-order chi connectivity index (χ0) is 14.4. The van der Waals surface area contributed by atoms with E-state index in [0.717, 1.165) is 0 Å². The predicted molar refractivity (Wildman–Crippen MR) is 63.2 cm³/mol. The van der Waals surface area contributed by atoms with Gasteiger partial charge in [-0.05, 0) is 24.3 Å². The van der Waals surface area contributed by atoms with Crippen LogP contribution in [0.1, 0.15) is 23.7 Å². The molecule has 1 unspecified atom stereocenters. The number of Topliss-reactive ketones (excluding diaryl/α,β-unsaturated/α-hetero) is 1. The summed E-state index contributed by atoms with van der Waals surface area (Å²) >= 11 is 0. The van der Waals surface area contributed by atoms with E-state index in [0.29, 0.717) is 5.56 Å². The Bertz CT molecular complexity index is 442. The minimum Gasteiger partial charge on any atom is -0.469 e. The fourth-order valence-electron chi connectivity index (χ4n) is 1.51. The maximum absolute atomic E-state index is 11.9. The number of carbonyl (C=O) groups is 2. The highest BCUT2D eigenvalue weighted by Crippen LogP contribution is 2.18. The molecule has 1 aromatic carbocycles. The Morgan fingerprint density at radius 3 is 2.26 bits per heavy atom. The molecule has 0 saturated heterocycles. The topological polar surface area (TPSA) is 52.6 Å². The van der Waals surface area contributed by atoms with Crippen molar-refractivity contribution in [3.8, 4) is 5.75 Å². The summed E-state index contributed by atoms with van der Waals surface area (Å²) in [6.45, 7) is -1.30. The van der Waals surface area contributed by atoms with Crippen molar-refractivity contribution in [2.45, 2.75) is 20.0 Å². The van der Waals surface area contributed by atoms with Gasteiger partial charge in [-0.25, -0.2) is 0 Å². The van der Waals surface area contributed by atoms with Crippen LogP contribution in [-0.4, -0.2) is 25.5 Å². The lowest BCUT2D eigenvalue weighted by molar-refractivity contribution is -0.141. The maximum atomic E-state index is 11.9. The zero-order valence-corrected chi connectivity index (χ0v) is 10.6. The van der Waals surface area contributed by atoms with Crippen LogP contribution >= 0.6 is 0 Å². The standard InChI is InChI=1S/C13H14F2O4/c1-8(7-11(16)18-2)12(17)9-3-5-10(6-4-9)19-13(14)15/h3-6,8,13H,7H2,1-2H3. The first-order valence-electron chi connectivity index (χ1n) is 5.60. The Balaban J connectivity index is 2.69. The van der Waals surface area contributed by atoms with Crippen LogP contribution in [0.4, 0.5) is 8.78 Å². The number of ether oxygens (including phenoxy) is 2. The second-order valence-electron chi connectivity index (χ2n) is 3.95. The Morgan fingerprint density at radius 1 is 1.21 bits per heavy atom. The SMILES string of the molecule is COC(=O)CC(C)C(=O)c1ccc(OC(F)F)cc1. The summed E-state index contributed by atoms with van der Waals surface area (Å²) in [6.07, 6.45) is -0.0232. The van der Waals surface area contributed by atoms with Crippen LogP contribution in [-0.2, 0) is 9.53 Å². The van der Waals surface area contributed by atoms with Gasteiger partial charge in [-0.2, -0.15) is 8.78 Å². The van der Waals surface area contributed by atoms with E-state index in [1.165, 1.54) is 31.4 Å². The summed E-state index contributed by atoms with van der Waals surface area (Å²) in [5, 5.41) is 0. The van der Waals surface area contributed by atoms with Crippen LogP contribution in [0.3, 0.4) is 0 Å². The summed E-state index contributed by atoms with van der Waals surface area (Å²) < 4.78 is 32.5. The van der Waals surface area contributed by atoms with Gasteiger partial charge >= 0.3 is 12.6 Å². The first kappa shape index (κ1) is 15.1. The largest absolute Gasteiger partial charge is 0.469 e. The molecule has 0 aliphatic heterocycles. The molecule has 104 valence electrons. The zero-order valence-electron chi connectivity index (χ0n) is 10.6. The van der Waals surface area contributed by atoms with Crippen molar-refractivity contribution in [3.63, 3.8) is 0 Å². The fraction of sp³-hybridized carbons (Fsp3) is 0.385. The van der Waals surface area contributed by atoms with Crippen molar-refractivity contribution in [1.82, 2.24) is 0 Å². The lowest BCUT2D eigenvalue weighted by atomic mass is 9.96. The molecular formula is C13H14F2O4. The van der Waals surface area contributed by atoms with Crippen LogP contribution in [0.15, 0.2) is 24.3 Å². The second-order valence-corrected chi connectivity index (χ2v) is 3.95. The van der Waals surface area contributed by atoms with Gasteiger partial charge in [0, 0.05) is 11.5 Å². The minimum atomic E-state index is -2.90. The van der Waals surface area contributed by atoms with Gasteiger partial charge in [-0.3, -0.25) is 9.59 Å². The highest BCUT2D eigenvalue weighted by Gasteiger charge is 2.19. The number of esters is 1. The molecule has 0 aliphatic rings. The molecule has 6 heteroatoms. The third-order valence-electron chi connectivity index (χ3n) is 2.51. The number of hydrogen-bond acceptors (Lipinski definition) is 4. The van der Waals surface area contributed by atoms with Crippen LogP contribution in [0, 0.1) is 5.92 Å². The van der Waals surface area contributed by atoms with Crippen molar-refractivity contribution in [1.29, 1.82) is 0 Å². The molecule has 0 saturated carbocycles. The van der Waals surface area contributed by atoms with Crippen molar-refractivity contribution in [2.75, 3.05) is 7.11 Å². The molecule has 0 aliphatic carbocycles. The van der Waals surface area contributed by atoms with Gasteiger partial charge in [0.1, 0.15) is 5.75 Å². The molecule has 0 N–H and O–H groups in total. The number of hydrogen-bond donors (Lipinski definition) is 0. The van der Waals surface area contributed by atoms with Gasteiger partial charge < -0.3 is 9.47 Å². The second kappa shape index (κ2) is 6.82. The lowest BCUT2D eigenvalue weighted by Crippen LogP contribution is -2.16. The predicted octanol–water partition coefficient (Wildman–Crippen LogP) is 2.67. The molecule has 0 fully saturated rings. The van der Waals surface area contributed by atoms with Gasteiger partial charge in [0.25, 0.3) is 0 Å². The highest BCUT2D eigenvalue weighted by molar-refractivity contribution is 5.99. The van der Waals surface area contributed by atoms with Crippen LogP contribution < -0.4 is 4.74 Å². The first-order chi connectivity index (χ1) is 8.93. The van der Waals surface area contributed by atoms with E-state index >= 15 is 0 Å². The summed E-state index contributed by atoms with van der Waals surface area (Å²) in [6, 6.07) is 5.33. The first-order valence-corrected chi connectivity index (χ1v) is 5.60. The Hall–Kier alpha value is -1.98. The monoisotopic (exact) mass is 272 g/mol. The van der Waals surface area contributed by atoms with Crippen LogP contribution in [0.2, 0.25) is 0 Å². The Morgan fingerprint density at radius 2 is 1.79 bits per heavy atom. The summed E-state index contributed by atoms with van der Waals surface area (Å²) in [7, 11) is 1.25. The van der Waals surface area contributed by atoms with Crippen molar-refractivity contribution in [3.05, 3.63) is 29.8 Å². The summed E-state index contributed by atoms with van der Waals surface area (Å²) in [4.78, 5) is 23.0. The summed E-state index contributed by atoms with van der Waals surface area (Å²) in [5.41, 5.74) is 0.331. The van der Waals surface area contributed by atoms with Gasteiger partial charge in [-0.15, -0.1) is 0 Å². The molecule has 1 aromatic rings. The Labute approximate surface area is 109 Å². The van der Waals surface area contributed by atoms with Crippen LogP contribution in [0.5, 0.6) is 5.75 Å². The normalized spacial score (nSPS) is 12.1. The number of benzene rings is 1. The third-order valence-corrected chi connectivity index (χ3v) is 2.51. The molecule has 4 nitrogen and oxygen atoms in total. The minimum absolute atomic E-state index is 0.0211. The molecule has 0 amide bonds. The number of rotatable bonds is 6. The average molecular weight is 272 g/mol. The van der Waals surface area contributed by atoms with E-state index in [1.807, 2.05) is 0 Å². The number of halogens is 2. The molecular weight excluding hydrogens is 258 g/mol. The smallest absolute Gasteiger partial charge is 0.387 e. The third kappa shape index (κ3) is 4.65. The molecule has 0 radical (unpaired) electrons. The van der Waals surface area contributed by atoms with Gasteiger partial charge in [0.05, 0.1) is 13.5 Å². The average Bonchev–Trinajstić information content (AvgIpc) is 2.37. The van der Waals surface area contributed by atoms with E-state index in [1.54, 1.807) is 6.92 Å². The molecule has 0 spiro atoms. The fourth-order valence-corrected chi connectivity index (χ4v) is 1.51.